The molecule has 37 heavy (non-hydrogen) atoms. The molecule has 1 heterocycles. The van der Waals surface area contributed by atoms with Gasteiger partial charge in [0, 0.05) is 30.8 Å². The molecule has 1 amide bonds. The van der Waals surface area contributed by atoms with Crippen molar-refractivity contribution in [3.8, 4) is 0 Å². The number of sulfone groups is 1. The number of rotatable bonds is 7. The van der Waals surface area contributed by atoms with Crippen molar-refractivity contribution in [3.63, 3.8) is 0 Å². The Balaban J connectivity index is 1.28. The van der Waals surface area contributed by atoms with E-state index in [0.717, 1.165) is 41.5 Å². The summed E-state index contributed by atoms with van der Waals surface area (Å²) in [6.45, 7) is 0.253. The second-order valence-electron chi connectivity index (χ2n) is 10.4. The van der Waals surface area contributed by atoms with Crippen LogP contribution in [0.15, 0.2) is 47.4 Å². The lowest BCUT2D eigenvalue weighted by molar-refractivity contribution is -0.183. The van der Waals surface area contributed by atoms with E-state index in [1.54, 1.807) is 24.3 Å². The number of nitrogens with zero attached hydrogens (tertiary/aromatic N) is 2. The number of fused-ring (bicyclic) bond motifs is 1. The van der Waals surface area contributed by atoms with Gasteiger partial charge in [-0.05, 0) is 80.3 Å². The Hall–Kier alpha value is -2.88. The maximum atomic E-state index is 13.1. The van der Waals surface area contributed by atoms with Crippen LogP contribution < -0.4 is 5.32 Å². The summed E-state index contributed by atoms with van der Waals surface area (Å²) in [7, 11) is -3.28. The van der Waals surface area contributed by atoms with Crippen LogP contribution in [0.4, 0.5) is 13.2 Å². The predicted octanol–water partition coefficient (Wildman–Crippen LogP) is 5.62. The number of alkyl halides is 3. The van der Waals surface area contributed by atoms with Gasteiger partial charge in [-0.2, -0.15) is 13.2 Å². The molecule has 5 rings (SSSR count). The van der Waals surface area contributed by atoms with Gasteiger partial charge in [-0.3, -0.25) is 4.79 Å². The van der Waals surface area contributed by atoms with E-state index in [4.69, 9.17) is 4.98 Å². The summed E-state index contributed by atoms with van der Waals surface area (Å²) < 4.78 is 64.6. The summed E-state index contributed by atoms with van der Waals surface area (Å²) in [5, 5.41) is 2.86. The number of carbonyl (C=O) groups is 1. The average Bonchev–Trinajstić information content (AvgIpc) is 3.62. The van der Waals surface area contributed by atoms with Gasteiger partial charge in [0.2, 0.25) is 0 Å². The Morgan fingerprint density at radius 2 is 1.70 bits per heavy atom. The third kappa shape index (κ3) is 5.84. The van der Waals surface area contributed by atoms with E-state index >= 15 is 0 Å². The molecular weight excluding hydrogens is 503 g/mol. The van der Waals surface area contributed by atoms with E-state index in [0.29, 0.717) is 30.9 Å². The van der Waals surface area contributed by atoms with Crippen LogP contribution in [0.5, 0.6) is 0 Å². The molecule has 198 valence electrons. The number of halogens is 3. The smallest absolute Gasteiger partial charge is 0.348 e. The molecule has 2 saturated carbocycles. The lowest BCUT2D eigenvalue weighted by atomic mass is 9.80. The maximum Gasteiger partial charge on any atom is 0.391 e. The van der Waals surface area contributed by atoms with Crippen LogP contribution in [-0.4, -0.2) is 36.3 Å². The minimum Gasteiger partial charge on any atom is -0.348 e. The van der Waals surface area contributed by atoms with E-state index in [2.05, 4.69) is 9.88 Å². The highest BCUT2D eigenvalue weighted by atomic mass is 32.2. The van der Waals surface area contributed by atoms with E-state index in [1.165, 1.54) is 12.1 Å². The molecule has 2 aliphatic carbocycles. The second-order valence-corrected chi connectivity index (χ2v) is 12.4. The molecule has 0 unspecified atom stereocenters. The number of hydrogen-bond acceptors (Lipinski definition) is 4. The van der Waals surface area contributed by atoms with Crippen molar-refractivity contribution in [2.75, 3.05) is 6.26 Å². The van der Waals surface area contributed by atoms with Crippen molar-refractivity contribution < 1.29 is 26.4 Å². The fourth-order valence-electron chi connectivity index (χ4n) is 5.27. The normalized spacial score (nSPS) is 20.8. The molecule has 3 aromatic rings. The zero-order valence-corrected chi connectivity index (χ0v) is 21.4. The lowest BCUT2D eigenvalue weighted by Crippen LogP contribution is -2.28. The van der Waals surface area contributed by atoms with Crippen LogP contribution in [-0.2, 0) is 22.8 Å². The SMILES string of the molecule is CS(=O)(=O)c1ccc(CNC(=O)c2ccc3c(c2)nc(C[C@H]2CC[C@H](C(F)(F)F)CC2)n3C2CC2)cc1. The summed E-state index contributed by atoms with van der Waals surface area (Å²) >= 11 is 0. The molecular formula is C27H30F3N3O3S. The second kappa shape index (κ2) is 9.78. The number of amides is 1. The van der Waals surface area contributed by atoms with Gasteiger partial charge in [0.25, 0.3) is 5.91 Å². The number of hydrogen-bond donors (Lipinski definition) is 1. The first-order chi connectivity index (χ1) is 17.5. The molecule has 0 saturated heterocycles. The fourth-order valence-corrected chi connectivity index (χ4v) is 5.90. The molecule has 1 N–H and O–H groups in total. The summed E-state index contributed by atoms with van der Waals surface area (Å²) in [4.78, 5) is 17.9. The molecule has 0 aliphatic heterocycles. The van der Waals surface area contributed by atoms with Gasteiger partial charge >= 0.3 is 6.18 Å². The summed E-state index contributed by atoms with van der Waals surface area (Å²) in [5.74, 6) is -0.368. The molecule has 0 radical (unpaired) electrons. The first-order valence-corrected chi connectivity index (χ1v) is 14.5. The minimum absolute atomic E-state index is 0.180. The third-order valence-electron chi connectivity index (χ3n) is 7.52. The zero-order chi connectivity index (χ0) is 26.4. The maximum absolute atomic E-state index is 13.1. The standard InChI is InChI=1S/C27H30F3N3O3S/c1-37(35,36)22-11-4-18(5-12-22)16-31-26(34)19-6-13-24-23(15-19)32-25(33(24)21-9-10-21)14-17-2-7-20(8-3-17)27(28,29)30/h4-6,11-13,15,17,20-21H,2-3,7-10,14,16H2,1H3,(H,31,34)/t17-,20-. The Labute approximate surface area is 214 Å². The molecule has 2 aromatic carbocycles. The van der Waals surface area contributed by atoms with Gasteiger partial charge in [0.1, 0.15) is 5.82 Å². The minimum atomic E-state index is -4.11. The van der Waals surface area contributed by atoms with Crippen LogP contribution in [0.25, 0.3) is 11.0 Å². The highest BCUT2D eigenvalue weighted by molar-refractivity contribution is 7.90. The lowest BCUT2D eigenvalue weighted by Gasteiger charge is -2.29. The number of imidazole rings is 1. The van der Waals surface area contributed by atoms with Crippen LogP contribution in [0.2, 0.25) is 0 Å². The van der Waals surface area contributed by atoms with Crippen molar-refractivity contribution in [3.05, 3.63) is 59.4 Å². The van der Waals surface area contributed by atoms with Crippen LogP contribution in [0, 0.1) is 11.8 Å². The van der Waals surface area contributed by atoms with Crippen LogP contribution in [0.1, 0.15) is 66.3 Å². The molecule has 10 heteroatoms. The summed E-state index contributed by atoms with van der Waals surface area (Å²) in [5.41, 5.74) is 2.92. The van der Waals surface area contributed by atoms with Gasteiger partial charge < -0.3 is 9.88 Å². The molecule has 2 aliphatic rings. The van der Waals surface area contributed by atoms with Crippen molar-refractivity contribution >= 4 is 26.8 Å². The molecule has 2 fully saturated rings. The molecule has 0 atom stereocenters. The van der Waals surface area contributed by atoms with Gasteiger partial charge in [-0.15, -0.1) is 0 Å². The van der Waals surface area contributed by atoms with Crippen molar-refractivity contribution in [1.82, 2.24) is 14.9 Å². The predicted molar refractivity (Wildman–Crippen MR) is 134 cm³/mol. The first-order valence-electron chi connectivity index (χ1n) is 12.6. The van der Waals surface area contributed by atoms with E-state index in [9.17, 15) is 26.4 Å². The topological polar surface area (TPSA) is 81.1 Å². The number of aromatic nitrogens is 2. The van der Waals surface area contributed by atoms with Gasteiger partial charge in [-0.1, -0.05) is 12.1 Å². The molecule has 1 aromatic heterocycles. The Morgan fingerprint density at radius 1 is 1.03 bits per heavy atom. The number of nitrogens with one attached hydrogen (secondary N) is 1. The Bertz CT molecular complexity index is 1400. The third-order valence-corrected chi connectivity index (χ3v) is 8.65. The average molecular weight is 534 g/mol. The van der Waals surface area contributed by atoms with Crippen LogP contribution >= 0.6 is 0 Å². The quantitative estimate of drug-likeness (QED) is 0.428. The van der Waals surface area contributed by atoms with Crippen molar-refractivity contribution in [1.29, 1.82) is 0 Å². The summed E-state index contributed by atoms with van der Waals surface area (Å²) in [6.07, 6.45) is 1.27. The Kier molecular flexibility index (Phi) is 6.81. The zero-order valence-electron chi connectivity index (χ0n) is 20.6. The monoisotopic (exact) mass is 533 g/mol. The highest BCUT2D eigenvalue weighted by Gasteiger charge is 2.41. The molecule has 0 spiro atoms. The largest absolute Gasteiger partial charge is 0.391 e. The van der Waals surface area contributed by atoms with E-state index in [-0.39, 0.29) is 36.1 Å². The number of benzene rings is 2. The van der Waals surface area contributed by atoms with Crippen LogP contribution in [0.3, 0.4) is 0 Å². The van der Waals surface area contributed by atoms with Crippen molar-refractivity contribution in [2.24, 2.45) is 11.8 Å². The van der Waals surface area contributed by atoms with Gasteiger partial charge in [-0.25, -0.2) is 13.4 Å². The molecule has 0 bridgehead atoms. The first kappa shape index (κ1) is 25.8. The van der Waals surface area contributed by atoms with Gasteiger partial charge in [0.15, 0.2) is 9.84 Å². The Morgan fingerprint density at radius 3 is 2.30 bits per heavy atom. The van der Waals surface area contributed by atoms with Gasteiger partial charge in [0.05, 0.1) is 21.8 Å². The van der Waals surface area contributed by atoms with E-state index < -0.39 is 21.9 Å². The summed E-state index contributed by atoms with van der Waals surface area (Å²) in [6, 6.07) is 12.2. The molecule has 6 nitrogen and oxygen atoms in total. The highest BCUT2D eigenvalue weighted by Crippen LogP contribution is 2.42. The van der Waals surface area contributed by atoms with E-state index in [1.807, 2.05) is 6.07 Å². The number of carbonyl (C=O) groups excluding carboxylic acids is 1. The van der Waals surface area contributed by atoms with Crippen molar-refractivity contribution in [2.45, 2.75) is 68.6 Å². The fraction of sp³-hybridized carbons (Fsp3) is 0.481.